The summed E-state index contributed by atoms with van der Waals surface area (Å²) in [6, 6.07) is 0. The van der Waals surface area contributed by atoms with Gasteiger partial charge in [-0.2, -0.15) is 0 Å². The Morgan fingerprint density at radius 1 is 1.69 bits per heavy atom. The Bertz CT molecular complexity index is 281. The number of nitrogens with one attached hydrogen (secondary N) is 1. The summed E-state index contributed by atoms with van der Waals surface area (Å²) in [5, 5.41) is 7.63. The lowest BCUT2D eigenvalue weighted by Crippen LogP contribution is -2.21. The molecule has 0 saturated carbocycles. The van der Waals surface area contributed by atoms with Crippen LogP contribution in [0.1, 0.15) is 32.5 Å². The Hall–Kier alpha value is -1.39. The minimum atomic E-state index is -0.113. The van der Waals surface area contributed by atoms with Gasteiger partial charge in [-0.25, -0.2) is 4.68 Å². The molecule has 13 heavy (non-hydrogen) atoms. The molecule has 1 aromatic heterocycles. The summed E-state index contributed by atoms with van der Waals surface area (Å²) in [5.74, 6) is 0.689. The molecular formula is C8H14N4O. The fourth-order valence-corrected chi connectivity index (χ4v) is 1.03. The van der Waals surface area contributed by atoms with Gasteiger partial charge in [-0.15, -0.1) is 10.2 Å². The van der Waals surface area contributed by atoms with E-state index in [-0.39, 0.29) is 5.91 Å². The lowest BCUT2D eigenvalue weighted by atomic mass is 10.2. The second-order valence-corrected chi connectivity index (χ2v) is 2.89. The van der Waals surface area contributed by atoms with Gasteiger partial charge in [-0.05, 0) is 6.42 Å². The predicted molar refractivity (Wildman–Crippen MR) is 48.7 cm³/mol. The maximum Gasteiger partial charge on any atom is 0.235 e. The van der Waals surface area contributed by atoms with Crippen LogP contribution in [0.2, 0.25) is 0 Å². The quantitative estimate of drug-likeness (QED) is 0.746. The largest absolute Gasteiger partial charge is 0.274 e. The highest BCUT2D eigenvalue weighted by Crippen LogP contribution is 1.99. The molecule has 0 atom stereocenters. The Morgan fingerprint density at radius 2 is 2.46 bits per heavy atom. The highest BCUT2D eigenvalue weighted by Gasteiger charge is 2.03. The summed E-state index contributed by atoms with van der Waals surface area (Å²) in [6.07, 6.45) is 4.51. The van der Waals surface area contributed by atoms with Gasteiger partial charge in [0, 0.05) is 13.3 Å². The number of hydrogen-bond acceptors (Lipinski definition) is 3. The number of hydrogen-bond donors (Lipinski definition) is 1. The van der Waals surface area contributed by atoms with E-state index in [1.165, 1.54) is 13.3 Å². The minimum Gasteiger partial charge on any atom is -0.274 e. The molecule has 0 aliphatic rings. The van der Waals surface area contributed by atoms with Crippen LogP contribution in [-0.2, 0) is 11.2 Å². The fourth-order valence-electron chi connectivity index (χ4n) is 1.03. The first-order valence-corrected chi connectivity index (χ1v) is 4.40. The maximum atomic E-state index is 10.7. The number of unbranched alkanes of at least 4 members (excludes halogenated alkanes) is 1. The number of carbonyl (C=O) groups excluding carboxylic acids is 1. The van der Waals surface area contributed by atoms with Crippen molar-refractivity contribution in [1.29, 1.82) is 0 Å². The predicted octanol–water partition coefficient (Wildman–Crippen LogP) is 0.711. The first-order valence-electron chi connectivity index (χ1n) is 4.40. The molecule has 72 valence electrons. The number of nitrogens with zero attached hydrogens (tertiary/aromatic N) is 3. The summed E-state index contributed by atoms with van der Waals surface area (Å²) in [4.78, 5) is 10.7. The Labute approximate surface area is 77.1 Å². The van der Waals surface area contributed by atoms with Gasteiger partial charge < -0.3 is 0 Å². The minimum absolute atomic E-state index is 0.113. The number of amides is 1. The molecule has 0 saturated heterocycles. The lowest BCUT2D eigenvalue weighted by Gasteiger charge is -2.04. The smallest absolute Gasteiger partial charge is 0.235 e. The van der Waals surface area contributed by atoms with Crippen molar-refractivity contribution < 1.29 is 4.79 Å². The van der Waals surface area contributed by atoms with Crippen LogP contribution in [0.25, 0.3) is 0 Å². The van der Waals surface area contributed by atoms with E-state index < -0.39 is 0 Å². The van der Waals surface area contributed by atoms with E-state index >= 15 is 0 Å². The topological polar surface area (TPSA) is 59.8 Å². The van der Waals surface area contributed by atoms with Crippen LogP contribution in [-0.4, -0.2) is 20.8 Å². The Morgan fingerprint density at radius 3 is 3.08 bits per heavy atom. The molecule has 0 radical (unpaired) electrons. The van der Waals surface area contributed by atoms with Crippen LogP contribution in [0.15, 0.2) is 6.33 Å². The van der Waals surface area contributed by atoms with Crippen molar-refractivity contribution in [2.45, 2.75) is 33.1 Å². The summed E-state index contributed by atoms with van der Waals surface area (Å²) < 4.78 is 1.57. The number of carbonyl (C=O) groups is 1. The zero-order valence-corrected chi connectivity index (χ0v) is 7.95. The van der Waals surface area contributed by atoms with Gasteiger partial charge >= 0.3 is 0 Å². The van der Waals surface area contributed by atoms with Crippen molar-refractivity contribution >= 4 is 5.91 Å². The van der Waals surface area contributed by atoms with Crippen molar-refractivity contribution in [3.8, 4) is 0 Å². The normalized spacial score (nSPS) is 10.0. The van der Waals surface area contributed by atoms with Gasteiger partial charge in [0.2, 0.25) is 5.91 Å². The van der Waals surface area contributed by atoms with Crippen LogP contribution in [0.4, 0.5) is 0 Å². The Balaban J connectivity index is 2.60. The SMILES string of the molecule is CCCCc1nncn1NC(C)=O. The molecule has 0 spiro atoms. The van der Waals surface area contributed by atoms with Gasteiger partial charge in [0.1, 0.15) is 6.33 Å². The number of aryl methyl sites for hydroxylation is 1. The third-order valence-electron chi connectivity index (χ3n) is 1.65. The number of rotatable bonds is 4. The second-order valence-electron chi connectivity index (χ2n) is 2.89. The molecule has 5 heteroatoms. The molecule has 1 N–H and O–H groups in total. The first-order chi connectivity index (χ1) is 6.24. The van der Waals surface area contributed by atoms with Crippen LogP contribution < -0.4 is 5.43 Å². The second kappa shape index (κ2) is 4.59. The summed E-state index contributed by atoms with van der Waals surface area (Å²) in [5.41, 5.74) is 2.62. The molecule has 0 aliphatic carbocycles. The molecule has 1 aromatic rings. The summed E-state index contributed by atoms with van der Waals surface area (Å²) in [7, 11) is 0. The van der Waals surface area contributed by atoms with Gasteiger partial charge in [-0.3, -0.25) is 10.2 Å². The molecule has 0 aliphatic heterocycles. The summed E-state index contributed by atoms with van der Waals surface area (Å²) in [6.45, 7) is 3.57. The molecule has 1 amide bonds. The average Bonchev–Trinajstić information content (AvgIpc) is 2.48. The first kappa shape index (κ1) is 9.70. The van der Waals surface area contributed by atoms with E-state index in [4.69, 9.17) is 0 Å². The van der Waals surface area contributed by atoms with E-state index in [0.29, 0.717) is 0 Å². The number of aromatic nitrogens is 3. The summed E-state index contributed by atoms with van der Waals surface area (Å²) >= 11 is 0. The van der Waals surface area contributed by atoms with E-state index in [1.54, 1.807) is 4.68 Å². The third kappa shape index (κ3) is 2.85. The standard InChI is InChI=1S/C8H14N4O/c1-3-4-5-8-10-9-6-12(8)11-7(2)13/h6H,3-5H2,1-2H3,(H,11,13). The van der Waals surface area contributed by atoms with Crippen LogP contribution in [0.5, 0.6) is 0 Å². The van der Waals surface area contributed by atoms with Crippen LogP contribution >= 0.6 is 0 Å². The van der Waals surface area contributed by atoms with E-state index in [1.807, 2.05) is 0 Å². The Kier molecular flexibility index (Phi) is 3.42. The molecule has 0 fully saturated rings. The van der Waals surface area contributed by atoms with Crippen LogP contribution in [0.3, 0.4) is 0 Å². The maximum absolute atomic E-state index is 10.7. The van der Waals surface area contributed by atoms with Crippen molar-refractivity contribution in [3.63, 3.8) is 0 Å². The monoisotopic (exact) mass is 182 g/mol. The van der Waals surface area contributed by atoms with Gasteiger partial charge in [0.05, 0.1) is 0 Å². The van der Waals surface area contributed by atoms with E-state index in [2.05, 4.69) is 22.5 Å². The highest BCUT2D eigenvalue weighted by atomic mass is 16.2. The molecule has 0 unspecified atom stereocenters. The molecule has 0 bridgehead atoms. The zero-order valence-electron chi connectivity index (χ0n) is 7.95. The molecule has 0 aromatic carbocycles. The van der Waals surface area contributed by atoms with E-state index in [9.17, 15) is 4.79 Å². The molecule has 1 rings (SSSR count). The molecular weight excluding hydrogens is 168 g/mol. The van der Waals surface area contributed by atoms with Gasteiger partial charge in [0.15, 0.2) is 5.82 Å². The van der Waals surface area contributed by atoms with Gasteiger partial charge in [0.25, 0.3) is 0 Å². The lowest BCUT2D eigenvalue weighted by molar-refractivity contribution is -0.115. The van der Waals surface area contributed by atoms with Gasteiger partial charge in [-0.1, -0.05) is 13.3 Å². The van der Waals surface area contributed by atoms with Crippen LogP contribution in [0, 0.1) is 0 Å². The highest BCUT2D eigenvalue weighted by molar-refractivity contribution is 5.80. The third-order valence-corrected chi connectivity index (χ3v) is 1.65. The molecule has 1 heterocycles. The average molecular weight is 182 g/mol. The van der Waals surface area contributed by atoms with Crippen molar-refractivity contribution in [3.05, 3.63) is 12.2 Å². The van der Waals surface area contributed by atoms with Crippen molar-refractivity contribution in [1.82, 2.24) is 14.9 Å². The van der Waals surface area contributed by atoms with Crippen molar-refractivity contribution in [2.24, 2.45) is 0 Å². The zero-order chi connectivity index (χ0) is 9.68. The van der Waals surface area contributed by atoms with E-state index in [0.717, 1.165) is 25.1 Å². The van der Waals surface area contributed by atoms with Crippen molar-refractivity contribution in [2.75, 3.05) is 5.43 Å². The fraction of sp³-hybridized carbons (Fsp3) is 0.625. The molecule has 5 nitrogen and oxygen atoms in total.